The molecule has 4 nitrogen and oxygen atoms in total. The number of hydrogen-bond acceptors (Lipinski definition) is 3. The van der Waals surface area contributed by atoms with Crippen molar-refractivity contribution in [3.63, 3.8) is 0 Å². The molecule has 6 heteroatoms. The molecule has 0 atom stereocenters. The molecule has 0 bridgehead atoms. The second-order valence-electron chi connectivity index (χ2n) is 4.16. The molecule has 0 saturated heterocycles. The van der Waals surface area contributed by atoms with Gasteiger partial charge in [-0.25, -0.2) is 12.8 Å². The zero-order valence-electron chi connectivity index (χ0n) is 10.2. The Kier molecular flexibility index (Phi) is 3.44. The lowest BCUT2D eigenvalue weighted by Crippen LogP contribution is -2.14. The summed E-state index contributed by atoms with van der Waals surface area (Å²) in [6.07, 6.45) is 0. The van der Waals surface area contributed by atoms with Gasteiger partial charge in [0.25, 0.3) is 10.0 Å². The van der Waals surface area contributed by atoms with Gasteiger partial charge in [0.05, 0.1) is 10.6 Å². The third-order valence-electron chi connectivity index (χ3n) is 2.54. The first-order valence-corrected chi connectivity index (χ1v) is 7.01. The fraction of sp³-hybridized carbons (Fsp3) is 0.0769. The average molecular weight is 280 g/mol. The molecule has 0 radical (unpaired) electrons. The zero-order valence-corrected chi connectivity index (χ0v) is 11.0. The highest BCUT2D eigenvalue weighted by Gasteiger charge is 2.16. The van der Waals surface area contributed by atoms with E-state index in [-0.39, 0.29) is 10.6 Å². The van der Waals surface area contributed by atoms with Crippen molar-refractivity contribution in [2.24, 2.45) is 0 Å². The van der Waals surface area contributed by atoms with Crippen LogP contribution in [-0.2, 0) is 10.0 Å². The summed E-state index contributed by atoms with van der Waals surface area (Å²) in [5, 5.41) is 0. The first-order chi connectivity index (χ1) is 8.88. The van der Waals surface area contributed by atoms with E-state index in [4.69, 9.17) is 5.73 Å². The first-order valence-electron chi connectivity index (χ1n) is 5.53. The van der Waals surface area contributed by atoms with Gasteiger partial charge in [-0.05, 0) is 42.8 Å². The molecule has 0 aromatic heterocycles. The summed E-state index contributed by atoms with van der Waals surface area (Å²) in [7, 11) is -3.84. The first kappa shape index (κ1) is 13.4. The Hall–Kier alpha value is -2.08. The van der Waals surface area contributed by atoms with E-state index in [1.165, 1.54) is 30.3 Å². The van der Waals surface area contributed by atoms with Gasteiger partial charge in [0, 0.05) is 5.69 Å². The van der Waals surface area contributed by atoms with E-state index < -0.39 is 15.8 Å². The highest BCUT2D eigenvalue weighted by molar-refractivity contribution is 7.92. The molecule has 0 unspecified atom stereocenters. The van der Waals surface area contributed by atoms with Gasteiger partial charge in [0.2, 0.25) is 0 Å². The number of nitrogen functional groups attached to an aromatic ring is 1. The number of nitrogens with one attached hydrogen (secondary N) is 1. The quantitative estimate of drug-likeness (QED) is 0.848. The molecule has 0 spiro atoms. The molecule has 0 aliphatic carbocycles. The second-order valence-corrected chi connectivity index (χ2v) is 5.84. The number of sulfonamides is 1. The number of nitrogens with two attached hydrogens (primary N) is 1. The van der Waals surface area contributed by atoms with Crippen LogP contribution in [0.2, 0.25) is 0 Å². The molecular formula is C13H13FN2O2S. The van der Waals surface area contributed by atoms with Crippen molar-refractivity contribution in [2.45, 2.75) is 11.8 Å². The minimum absolute atomic E-state index is 0.00697. The molecule has 2 aromatic carbocycles. The summed E-state index contributed by atoms with van der Waals surface area (Å²) >= 11 is 0. The van der Waals surface area contributed by atoms with Gasteiger partial charge in [-0.2, -0.15) is 0 Å². The summed E-state index contributed by atoms with van der Waals surface area (Å²) in [6.45, 7) is 1.72. The van der Waals surface area contributed by atoms with Gasteiger partial charge in [-0.15, -0.1) is 0 Å². The summed E-state index contributed by atoms with van der Waals surface area (Å²) in [5.74, 6) is -0.618. The van der Waals surface area contributed by atoms with Crippen molar-refractivity contribution in [1.82, 2.24) is 0 Å². The summed E-state index contributed by atoms with van der Waals surface area (Å²) in [4.78, 5) is -0.00697. The maximum absolute atomic E-state index is 13.6. The van der Waals surface area contributed by atoms with Crippen LogP contribution in [0.5, 0.6) is 0 Å². The Labute approximate surface area is 111 Å². The predicted octanol–water partition coefficient (Wildman–Crippen LogP) is 2.52. The predicted molar refractivity (Wildman–Crippen MR) is 72.8 cm³/mol. The van der Waals surface area contributed by atoms with Gasteiger partial charge < -0.3 is 5.73 Å². The minimum Gasteiger partial charge on any atom is -0.399 e. The van der Waals surface area contributed by atoms with Crippen LogP contribution in [0.25, 0.3) is 0 Å². The Morgan fingerprint density at radius 3 is 2.53 bits per heavy atom. The smallest absolute Gasteiger partial charge is 0.262 e. The van der Waals surface area contributed by atoms with E-state index >= 15 is 0 Å². The van der Waals surface area contributed by atoms with Crippen LogP contribution >= 0.6 is 0 Å². The molecule has 19 heavy (non-hydrogen) atoms. The van der Waals surface area contributed by atoms with Crippen LogP contribution in [0.1, 0.15) is 5.56 Å². The van der Waals surface area contributed by atoms with Crippen molar-refractivity contribution in [2.75, 3.05) is 10.5 Å². The molecule has 2 aromatic rings. The monoisotopic (exact) mass is 280 g/mol. The topological polar surface area (TPSA) is 72.2 Å². The van der Waals surface area contributed by atoms with Crippen molar-refractivity contribution < 1.29 is 12.8 Å². The third-order valence-corrected chi connectivity index (χ3v) is 3.90. The number of halogens is 1. The number of benzene rings is 2. The van der Waals surface area contributed by atoms with Crippen LogP contribution in [0.15, 0.2) is 47.4 Å². The van der Waals surface area contributed by atoms with Gasteiger partial charge in [-0.1, -0.05) is 12.1 Å². The van der Waals surface area contributed by atoms with Gasteiger partial charge >= 0.3 is 0 Å². The molecule has 100 valence electrons. The van der Waals surface area contributed by atoms with Crippen molar-refractivity contribution in [1.29, 1.82) is 0 Å². The number of hydrogen-bond donors (Lipinski definition) is 2. The molecule has 0 aliphatic heterocycles. The second kappa shape index (κ2) is 4.89. The molecule has 0 saturated carbocycles. The largest absolute Gasteiger partial charge is 0.399 e. The number of anilines is 2. The molecule has 0 heterocycles. The molecule has 2 rings (SSSR count). The maximum atomic E-state index is 13.6. The molecular weight excluding hydrogens is 267 g/mol. The number of rotatable bonds is 3. The van der Waals surface area contributed by atoms with Crippen LogP contribution < -0.4 is 10.5 Å². The zero-order chi connectivity index (χ0) is 14.0. The highest BCUT2D eigenvalue weighted by atomic mass is 32.2. The molecule has 0 aliphatic rings. The molecule has 0 amide bonds. The van der Waals surface area contributed by atoms with Gasteiger partial charge in [0.1, 0.15) is 5.82 Å². The Morgan fingerprint density at radius 2 is 1.89 bits per heavy atom. The van der Waals surface area contributed by atoms with Crippen LogP contribution in [0.4, 0.5) is 15.8 Å². The lowest BCUT2D eigenvalue weighted by molar-refractivity contribution is 0.598. The average Bonchev–Trinajstić information content (AvgIpc) is 2.33. The molecule has 3 N–H and O–H groups in total. The fourth-order valence-electron chi connectivity index (χ4n) is 1.59. The Balaban J connectivity index is 2.36. The summed E-state index contributed by atoms with van der Waals surface area (Å²) in [5.41, 5.74) is 6.48. The Morgan fingerprint density at radius 1 is 1.16 bits per heavy atom. The van der Waals surface area contributed by atoms with Crippen molar-refractivity contribution in [3.05, 3.63) is 53.8 Å². The van der Waals surface area contributed by atoms with E-state index in [1.54, 1.807) is 19.1 Å². The van der Waals surface area contributed by atoms with Crippen molar-refractivity contribution in [3.8, 4) is 0 Å². The van der Waals surface area contributed by atoms with E-state index in [2.05, 4.69) is 4.72 Å². The standard InChI is InChI=1S/C13H13FN2O2S/c1-9-5-6-13(12(14)7-9)16-19(17,18)11-4-2-3-10(15)8-11/h2-8,16H,15H2,1H3. The maximum Gasteiger partial charge on any atom is 0.262 e. The third kappa shape index (κ3) is 3.03. The Bertz CT molecular complexity index is 714. The van der Waals surface area contributed by atoms with Crippen molar-refractivity contribution >= 4 is 21.4 Å². The van der Waals surface area contributed by atoms with Gasteiger partial charge in [0.15, 0.2) is 0 Å². The highest BCUT2D eigenvalue weighted by Crippen LogP contribution is 2.21. The summed E-state index contributed by atoms with van der Waals surface area (Å²) < 4.78 is 39.9. The van der Waals surface area contributed by atoms with Crippen LogP contribution in [0, 0.1) is 12.7 Å². The normalized spacial score (nSPS) is 11.3. The minimum atomic E-state index is -3.84. The molecule has 0 fully saturated rings. The van der Waals surface area contributed by atoms with Crippen LogP contribution in [0.3, 0.4) is 0 Å². The number of aryl methyl sites for hydroxylation is 1. The van der Waals surface area contributed by atoms with Gasteiger partial charge in [-0.3, -0.25) is 4.72 Å². The van der Waals surface area contributed by atoms with Crippen LogP contribution in [-0.4, -0.2) is 8.42 Å². The van der Waals surface area contributed by atoms with E-state index in [1.807, 2.05) is 0 Å². The summed E-state index contributed by atoms with van der Waals surface area (Å²) in [6, 6.07) is 10.1. The lowest BCUT2D eigenvalue weighted by atomic mass is 10.2. The lowest BCUT2D eigenvalue weighted by Gasteiger charge is -2.09. The van der Waals surface area contributed by atoms with E-state index in [0.29, 0.717) is 11.3 Å². The van der Waals surface area contributed by atoms with E-state index in [9.17, 15) is 12.8 Å². The SMILES string of the molecule is Cc1ccc(NS(=O)(=O)c2cccc(N)c2)c(F)c1. The van der Waals surface area contributed by atoms with E-state index in [0.717, 1.165) is 0 Å². The fourth-order valence-corrected chi connectivity index (χ4v) is 2.71.